The first kappa shape index (κ1) is 23.1. The summed E-state index contributed by atoms with van der Waals surface area (Å²) < 4.78 is 66.9. The molecule has 2 aliphatic carbocycles. The van der Waals surface area contributed by atoms with Gasteiger partial charge in [-0.05, 0) is 61.1 Å². The number of hydrogen-bond donors (Lipinski definition) is 1. The third kappa shape index (κ3) is 3.92. The van der Waals surface area contributed by atoms with Crippen molar-refractivity contribution in [2.75, 3.05) is 5.32 Å². The normalized spacial score (nSPS) is 24.4. The van der Waals surface area contributed by atoms with Crippen molar-refractivity contribution in [2.45, 2.75) is 49.7 Å². The lowest BCUT2D eigenvalue weighted by molar-refractivity contribution is 0.102. The largest absolute Gasteiger partial charge is 0.322 e. The Bertz CT molecular complexity index is 1160. The molecule has 2 fully saturated rings. The fraction of sp³-hybridized carbons (Fsp3) is 0.435. The molecule has 2 bridgehead atoms. The summed E-state index contributed by atoms with van der Waals surface area (Å²) in [5, 5.41) is 1.69. The Balaban J connectivity index is 1.61. The van der Waals surface area contributed by atoms with Crippen LogP contribution in [0.1, 0.15) is 49.9 Å². The molecule has 3 atom stereocenters. The molecule has 9 heteroatoms. The molecule has 1 amide bonds. The topological polar surface area (TPSA) is 63.2 Å². The van der Waals surface area contributed by atoms with E-state index >= 15 is 0 Å². The molecule has 0 radical (unpaired) electrons. The molecule has 2 aliphatic rings. The van der Waals surface area contributed by atoms with Crippen LogP contribution in [-0.2, 0) is 9.84 Å². The van der Waals surface area contributed by atoms with Crippen LogP contribution in [0.2, 0.25) is 5.02 Å². The van der Waals surface area contributed by atoms with E-state index in [1.807, 2.05) is 0 Å². The molecule has 0 aromatic heterocycles. The Kier molecular flexibility index (Phi) is 5.82. The van der Waals surface area contributed by atoms with Gasteiger partial charge in [-0.2, -0.15) is 0 Å². The Morgan fingerprint density at radius 1 is 1.03 bits per heavy atom. The third-order valence-corrected chi connectivity index (χ3v) is 9.90. The Hall–Kier alpha value is -2.06. The van der Waals surface area contributed by atoms with Gasteiger partial charge >= 0.3 is 0 Å². The van der Waals surface area contributed by atoms with Gasteiger partial charge in [0.25, 0.3) is 5.91 Å². The fourth-order valence-electron chi connectivity index (χ4n) is 5.18. The van der Waals surface area contributed by atoms with Gasteiger partial charge in [0.2, 0.25) is 0 Å². The number of fused-ring (bicyclic) bond motifs is 2. The number of sulfone groups is 1. The molecule has 0 aliphatic heterocycles. The highest BCUT2D eigenvalue weighted by Gasteiger charge is 2.51. The second kappa shape index (κ2) is 8.06. The number of anilines is 1. The lowest BCUT2D eigenvalue weighted by Crippen LogP contribution is -2.39. The quantitative estimate of drug-likeness (QED) is 0.540. The maximum Gasteiger partial charge on any atom is 0.255 e. The van der Waals surface area contributed by atoms with Crippen LogP contribution < -0.4 is 5.32 Å². The molecule has 4 rings (SSSR count). The van der Waals surface area contributed by atoms with Crippen LogP contribution in [0.4, 0.5) is 18.9 Å². The van der Waals surface area contributed by atoms with Crippen molar-refractivity contribution < 1.29 is 26.4 Å². The van der Waals surface area contributed by atoms with Crippen molar-refractivity contribution in [3.05, 3.63) is 58.4 Å². The van der Waals surface area contributed by atoms with E-state index in [0.29, 0.717) is 36.8 Å². The van der Waals surface area contributed by atoms with E-state index < -0.39 is 38.4 Å². The highest BCUT2D eigenvalue weighted by atomic mass is 35.5. The third-order valence-electron chi connectivity index (χ3n) is 7.24. The highest BCUT2D eigenvalue weighted by Crippen LogP contribution is 2.56. The summed E-state index contributed by atoms with van der Waals surface area (Å²) in [5.74, 6) is -4.71. The molecular weight excluding hydrogens is 463 g/mol. The first-order valence-corrected chi connectivity index (χ1v) is 12.3. The number of nitrogens with one attached hydrogen (secondary N) is 1. The molecule has 2 saturated carbocycles. The van der Waals surface area contributed by atoms with E-state index in [4.69, 9.17) is 11.6 Å². The van der Waals surface area contributed by atoms with Gasteiger partial charge in [-0.15, -0.1) is 0 Å². The van der Waals surface area contributed by atoms with E-state index in [-0.39, 0.29) is 26.6 Å². The van der Waals surface area contributed by atoms with Crippen LogP contribution >= 0.6 is 11.6 Å². The van der Waals surface area contributed by atoms with Crippen molar-refractivity contribution in [2.24, 2.45) is 17.3 Å². The first-order chi connectivity index (χ1) is 14.9. The fourth-order valence-corrected chi connectivity index (χ4v) is 7.58. The molecule has 0 saturated heterocycles. The van der Waals surface area contributed by atoms with Crippen LogP contribution in [0, 0.1) is 34.7 Å². The number of hydrogen-bond acceptors (Lipinski definition) is 3. The zero-order chi connectivity index (χ0) is 23.4. The minimum atomic E-state index is -3.80. The second-order valence-corrected chi connectivity index (χ2v) is 11.9. The summed E-state index contributed by atoms with van der Waals surface area (Å²) in [4.78, 5) is 12.5. The highest BCUT2D eigenvalue weighted by molar-refractivity contribution is 7.92. The number of benzene rings is 2. The van der Waals surface area contributed by atoms with Crippen LogP contribution in [0.5, 0.6) is 0 Å². The molecule has 1 N–H and O–H groups in total. The summed E-state index contributed by atoms with van der Waals surface area (Å²) in [6.07, 6.45) is 3.11. The summed E-state index contributed by atoms with van der Waals surface area (Å²) in [7, 11) is -3.80. The van der Waals surface area contributed by atoms with E-state index in [9.17, 15) is 26.4 Å². The molecule has 0 spiro atoms. The monoisotopic (exact) mass is 485 g/mol. The summed E-state index contributed by atoms with van der Waals surface area (Å²) in [5.41, 5.74) is -0.230. The number of rotatable bonds is 4. The molecule has 1 unspecified atom stereocenters. The van der Waals surface area contributed by atoms with Crippen LogP contribution in [0.3, 0.4) is 0 Å². The van der Waals surface area contributed by atoms with Gasteiger partial charge in [0.1, 0.15) is 0 Å². The molecule has 2 aromatic carbocycles. The van der Waals surface area contributed by atoms with Crippen LogP contribution in [-0.4, -0.2) is 19.6 Å². The van der Waals surface area contributed by atoms with Crippen molar-refractivity contribution in [3.8, 4) is 0 Å². The van der Waals surface area contributed by atoms with E-state index in [1.165, 1.54) is 18.2 Å². The Labute approximate surface area is 190 Å². The molecule has 0 heterocycles. The molecular formula is C23H23ClF3NO3S. The lowest BCUT2D eigenvalue weighted by atomic mass is 9.68. The average Bonchev–Trinajstić information content (AvgIpc) is 2.88. The van der Waals surface area contributed by atoms with E-state index in [1.54, 1.807) is 0 Å². The minimum Gasteiger partial charge on any atom is -0.322 e. The van der Waals surface area contributed by atoms with Crippen molar-refractivity contribution in [3.63, 3.8) is 0 Å². The SMILES string of the molecule is CC1(C)C2CC[C@H]1C[C@H](S(=O)(=O)c1cc(C(=O)Nc3cc(F)c(F)c(F)c3)ccc1Cl)C2. The summed E-state index contributed by atoms with van der Waals surface area (Å²) in [6, 6.07) is 5.11. The zero-order valence-corrected chi connectivity index (χ0v) is 19.2. The maximum absolute atomic E-state index is 13.4. The van der Waals surface area contributed by atoms with Gasteiger partial charge in [-0.3, -0.25) is 4.79 Å². The van der Waals surface area contributed by atoms with Crippen LogP contribution in [0.15, 0.2) is 35.2 Å². The van der Waals surface area contributed by atoms with Gasteiger partial charge in [0.05, 0.1) is 15.2 Å². The molecule has 2 aromatic rings. The van der Waals surface area contributed by atoms with Crippen molar-refractivity contribution >= 4 is 33.0 Å². The average molecular weight is 486 g/mol. The Morgan fingerprint density at radius 3 is 2.16 bits per heavy atom. The number of carbonyl (C=O) groups is 1. The molecule has 172 valence electrons. The van der Waals surface area contributed by atoms with Gasteiger partial charge in [-0.1, -0.05) is 25.4 Å². The van der Waals surface area contributed by atoms with Gasteiger partial charge < -0.3 is 5.32 Å². The van der Waals surface area contributed by atoms with Crippen LogP contribution in [0.25, 0.3) is 0 Å². The predicted octanol–water partition coefficient (Wildman–Crippen LogP) is 6.00. The zero-order valence-electron chi connectivity index (χ0n) is 17.6. The minimum absolute atomic E-state index is 0.0117. The standard InChI is InChI=1S/C23H23ClF3NO3S/c1-23(2)13-4-5-14(23)9-16(8-13)32(30,31)20-7-12(3-6-17(20)24)22(29)28-15-10-18(25)21(27)19(26)11-15/h3,6-7,10-11,13-14,16H,4-5,8-9H2,1-2H3,(H,28,29)/t13-,14?,16-/m0/s1. The number of halogens is 4. The predicted molar refractivity (Wildman–Crippen MR) is 116 cm³/mol. The first-order valence-electron chi connectivity index (χ1n) is 10.4. The smallest absolute Gasteiger partial charge is 0.255 e. The maximum atomic E-state index is 13.4. The lowest BCUT2D eigenvalue weighted by Gasteiger charge is -2.41. The van der Waals surface area contributed by atoms with E-state index in [0.717, 1.165) is 12.8 Å². The molecule has 32 heavy (non-hydrogen) atoms. The summed E-state index contributed by atoms with van der Waals surface area (Å²) in [6.45, 7) is 4.38. The Morgan fingerprint density at radius 2 is 1.59 bits per heavy atom. The summed E-state index contributed by atoms with van der Waals surface area (Å²) >= 11 is 6.22. The number of amides is 1. The second-order valence-electron chi connectivity index (χ2n) is 9.28. The van der Waals surface area contributed by atoms with Gasteiger partial charge in [0, 0.05) is 23.4 Å². The van der Waals surface area contributed by atoms with Gasteiger partial charge in [-0.25, -0.2) is 21.6 Å². The number of carbonyl (C=O) groups excluding carboxylic acids is 1. The van der Waals surface area contributed by atoms with Crippen molar-refractivity contribution in [1.29, 1.82) is 0 Å². The van der Waals surface area contributed by atoms with Gasteiger partial charge in [0.15, 0.2) is 27.3 Å². The van der Waals surface area contributed by atoms with Crippen molar-refractivity contribution in [1.82, 2.24) is 0 Å². The molecule has 4 nitrogen and oxygen atoms in total. The van der Waals surface area contributed by atoms with E-state index in [2.05, 4.69) is 19.2 Å².